The van der Waals surface area contributed by atoms with E-state index in [0.29, 0.717) is 5.92 Å². The van der Waals surface area contributed by atoms with Crippen LogP contribution in [0.2, 0.25) is 32.7 Å². The summed E-state index contributed by atoms with van der Waals surface area (Å²) in [7, 11) is 16.3. The maximum atomic E-state index is 8.84. The van der Waals surface area contributed by atoms with Gasteiger partial charge in [-0.15, -0.1) is 0 Å². The van der Waals surface area contributed by atoms with E-state index in [1.165, 1.54) is 86.5 Å². The Morgan fingerprint density at radius 1 is 0.706 bits per heavy atom. The van der Waals surface area contributed by atoms with Gasteiger partial charge in [0.05, 0.1) is 0 Å². The summed E-state index contributed by atoms with van der Waals surface area (Å²) in [5.74, 6) is -1.08. The van der Waals surface area contributed by atoms with Crippen LogP contribution in [0.3, 0.4) is 0 Å². The Kier molecular flexibility index (Phi) is 9.96. The van der Waals surface area contributed by atoms with Crippen molar-refractivity contribution in [3.05, 3.63) is 124 Å². The van der Waals surface area contributed by atoms with Crippen molar-refractivity contribution in [3.8, 4) is 22.3 Å². The molecule has 267 valence electrons. The van der Waals surface area contributed by atoms with Gasteiger partial charge in [-0.2, -0.15) is 0 Å². The quantitative estimate of drug-likeness (QED) is 0.155. The molecule has 0 nitrogen and oxygen atoms in total. The Balaban J connectivity index is 1.41. The van der Waals surface area contributed by atoms with E-state index >= 15 is 0 Å². The van der Waals surface area contributed by atoms with E-state index in [9.17, 15) is 0 Å². The third kappa shape index (κ3) is 6.38. The van der Waals surface area contributed by atoms with E-state index in [-0.39, 0.29) is 12.7 Å². The van der Waals surface area contributed by atoms with Crippen molar-refractivity contribution in [1.82, 2.24) is 0 Å². The van der Waals surface area contributed by atoms with Crippen molar-refractivity contribution >= 4 is 48.4 Å². The molecule has 1 saturated carbocycles. The average Bonchev–Trinajstić information content (AvgIpc) is 3.85. The Bertz CT molecular complexity index is 2020. The van der Waals surface area contributed by atoms with Crippen LogP contribution in [-0.4, -0.2) is 14.0 Å². The van der Waals surface area contributed by atoms with E-state index in [1.807, 2.05) is 0 Å². The predicted octanol–water partition coefficient (Wildman–Crippen LogP) is 14.0. The molecule has 0 bridgehead atoms. The van der Waals surface area contributed by atoms with Gasteiger partial charge in [0.2, 0.25) is 0 Å². The number of halogens is 2. The molecule has 0 N–H and O–H groups in total. The summed E-state index contributed by atoms with van der Waals surface area (Å²) in [6.45, 7) is 21.5. The fourth-order valence-corrected chi connectivity index (χ4v) is 42.3. The molecule has 7 rings (SSSR count). The minimum absolute atomic E-state index is 0.122. The number of rotatable bonds is 8. The molecule has 0 aromatic heterocycles. The molecule has 0 spiro atoms. The predicted molar refractivity (Wildman–Crippen MR) is 230 cm³/mol. The van der Waals surface area contributed by atoms with Gasteiger partial charge in [0.1, 0.15) is 0 Å². The maximum absolute atomic E-state index is 8.84. The molecular formula is C46H57Cl2Si2Zr. The van der Waals surface area contributed by atoms with Crippen LogP contribution in [0.1, 0.15) is 94.9 Å². The molecule has 1 fully saturated rings. The zero-order chi connectivity index (χ0) is 36.5. The van der Waals surface area contributed by atoms with E-state index < -0.39 is 29.6 Å². The van der Waals surface area contributed by atoms with Crippen molar-refractivity contribution in [2.75, 3.05) is 0 Å². The van der Waals surface area contributed by atoms with E-state index in [0.717, 1.165) is 6.42 Å². The molecule has 0 amide bonds. The summed E-state index contributed by atoms with van der Waals surface area (Å²) in [6.07, 6.45) is 11.2. The van der Waals surface area contributed by atoms with Crippen LogP contribution in [0.15, 0.2) is 96.1 Å². The van der Waals surface area contributed by atoms with Gasteiger partial charge in [0.15, 0.2) is 0 Å². The molecular weight excluding hydrogens is 771 g/mol. The zero-order valence-electron chi connectivity index (χ0n) is 32.3. The van der Waals surface area contributed by atoms with Crippen molar-refractivity contribution in [2.24, 2.45) is 5.92 Å². The first-order valence-electron chi connectivity index (χ1n) is 19.5. The molecule has 3 aliphatic carbocycles. The van der Waals surface area contributed by atoms with E-state index in [2.05, 4.69) is 158 Å². The van der Waals surface area contributed by atoms with Gasteiger partial charge in [-0.1, -0.05) is 0 Å². The fourth-order valence-electron chi connectivity index (χ4n) is 9.71. The number of hydrogen-bond donors (Lipinski definition) is 0. The van der Waals surface area contributed by atoms with Crippen LogP contribution < -0.4 is 5.19 Å². The normalized spacial score (nSPS) is 20.2. The van der Waals surface area contributed by atoms with Gasteiger partial charge in [-0.3, -0.25) is 0 Å². The number of allylic oxidation sites excluding steroid dienone is 2. The van der Waals surface area contributed by atoms with Gasteiger partial charge in [0, 0.05) is 0 Å². The molecule has 0 heterocycles. The van der Waals surface area contributed by atoms with Crippen molar-refractivity contribution in [2.45, 2.75) is 105 Å². The molecule has 3 aliphatic rings. The third-order valence-electron chi connectivity index (χ3n) is 12.8. The van der Waals surface area contributed by atoms with Crippen molar-refractivity contribution in [3.63, 3.8) is 0 Å². The summed E-state index contributed by atoms with van der Waals surface area (Å²) in [4.78, 5) is 0. The first kappa shape index (κ1) is 37.6. The van der Waals surface area contributed by atoms with Crippen LogP contribution in [-0.2, 0) is 21.0 Å². The van der Waals surface area contributed by atoms with Crippen molar-refractivity contribution < 1.29 is 15.6 Å². The third-order valence-corrected chi connectivity index (χ3v) is 66.6. The second kappa shape index (κ2) is 13.5. The van der Waals surface area contributed by atoms with Gasteiger partial charge in [-0.25, -0.2) is 0 Å². The number of benzene rings is 4. The molecule has 2 unspecified atom stereocenters. The van der Waals surface area contributed by atoms with Gasteiger partial charge >= 0.3 is 321 Å². The van der Waals surface area contributed by atoms with Crippen LogP contribution in [0.25, 0.3) is 34.4 Å². The Morgan fingerprint density at radius 3 is 1.71 bits per heavy atom. The second-order valence-corrected chi connectivity index (χ2v) is 65.8. The molecule has 4 aromatic carbocycles. The molecule has 5 heteroatoms. The summed E-state index contributed by atoms with van der Waals surface area (Å²) >= 11 is -4.87. The topological polar surface area (TPSA) is 0 Å². The molecule has 0 aliphatic heterocycles. The van der Waals surface area contributed by atoms with Crippen LogP contribution in [0, 0.1) is 5.92 Å². The van der Waals surface area contributed by atoms with Crippen LogP contribution >= 0.6 is 17.0 Å². The Hall–Kier alpha value is -1.74. The van der Waals surface area contributed by atoms with E-state index in [1.54, 1.807) is 5.57 Å². The summed E-state index contributed by atoms with van der Waals surface area (Å²) < 4.78 is 0.261. The van der Waals surface area contributed by atoms with Gasteiger partial charge in [0.25, 0.3) is 0 Å². The molecule has 0 saturated heterocycles. The molecule has 51 heavy (non-hydrogen) atoms. The Labute approximate surface area is 318 Å². The van der Waals surface area contributed by atoms with Crippen LogP contribution in [0.4, 0.5) is 0 Å². The molecule has 0 radical (unpaired) electrons. The molecule has 4 aromatic rings. The summed E-state index contributed by atoms with van der Waals surface area (Å²) in [5, 5.41) is 1.50. The Morgan fingerprint density at radius 2 is 1.22 bits per heavy atom. The minimum atomic E-state index is -4.87. The standard InChI is InChI=1S/C24H27.C20H23Si.C2H7Si.2ClH.Zr/c1-24(2,3)21-13-11-18(12-14-21)22-10-6-9-19-15-20(16-23(19)22)17-7-4-5-8-17;1-5-15-13-17-7-6-8-19(20(17)14-15)16-9-11-18(12-10-16)21(2,3)4;1-3-2;;;/h6,9-17H,4-5,7-8H2,1-3H3;6-14H,5H2,1-4H3;3H,1-2H3;2*1H;/q;;;;;+2/p-2. The number of fused-ring (bicyclic) bond motifs is 2. The van der Waals surface area contributed by atoms with Crippen molar-refractivity contribution in [1.29, 1.82) is 0 Å². The average molecular weight is 828 g/mol. The van der Waals surface area contributed by atoms with Gasteiger partial charge in [-0.05, 0) is 0 Å². The fraction of sp³-hybridized carbons (Fsp3) is 0.391. The number of hydrogen-bond acceptors (Lipinski definition) is 0. The van der Waals surface area contributed by atoms with Crippen LogP contribution in [0.5, 0.6) is 0 Å². The first-order valence-corrected chi connectivity index (χ1v) is 39.3. The SMILES string of the molecule is CCC1=Cc2c(-c3ccc([Si](C)(C)C)cc3)cccc2[CH]1[Zr]([Cl])([Cl])([CH]1C(C2CCCC2)=Cc2c(-c3ccc(C(C)(C)C)cc3)cccc21)[SiH](C)C. The van der Waals surface area contributed by atoms with E-state index in [4.69, 9.17) is 17.0 Å². The van der Waals surface area contributed by atoms with Gasteiger partial charge < -0.3 is 0 Å². The first-order chi connectivity index (χ1) is 24.0. The molecule has 2 atom stereocenters. The summed E-state index contributed by atoms with van der Waals surface area (Å²) in [5.41, 5.74) is 15.3. The zero-order valence-corrected chi connectivity index (χ0v) is 38.5. The monoisotopic (exact) mass is 825 g/mol. The second-order valence-electron chi connectivity index (χ2n) is 18.2. The summed E-state index contributed by atoms with van der Waals surface area (Å²) in [6, 6.07) is 32.8.